The second-order valence-corrected chi connectivity index (χ2v) is 16.0. The predicted octanol–water partition coefficient (Wildman–Crippen LogP) is 16.5. The molecule has 0 aliphatic carbocycles. The molecule has 58 heavy (non-hydrogen) atoms. The molecule has 1 nitrogen and oxygen atoms in total. The van der Waals surface area contributed by atoms with Gasteiger partial charge in [0.2, 0.25) is 0 Å². The quantitative estimate of drug-likeness (QED) is 0.157. The highest BCUT2D eigenvalue weighted by Gasteiger charge is 2.21. The Bertz CT molecular complexity index is 3270. The molecule has 0 atom stereocenters. The fourth-order valence-electron chi connectivity index (χ4n) is 8.59. The first-order valence-corrected chi connectivity index (χ1v) is 20.6. The molecule has 0 aliphatic rings. The van der Waals surface area contributed by atoms with Crippen molar-refractivity contribution in [2.24, 2.45) is 0 Å². The third-order valence-electron chi connectivity index (χ3n) is 11.4. The molecule has 11 rings (SSSR count). The minimum atomic E-state index is 1.10. The van der Waals surface area contributed by atoms with E-state index in [0.29, 0.717) is 0 Å². The summed E-state index contributed by atoms with van der Waals surface area (Å²) in [4.78, 5) is 2.42. The van der Waals surface area contributed by atoms with Gasteiger partial charge in [-0.25, -0.2) is 0 Å². The van der Waals surface area contributed by atoms with Gasteiger partial charge in [0.05, 0.1) is 5.69 Å². The van der Waals surface area contributed by atoms with E-state index in [1.165, 1.54) is 86.2 Å². The molecule has 0 bridgehead atoms. The smallest absolute Gasteiger partial charge is 0.0540 e. The van der Waals surface area contributed by atoms with Gasteiger partial charge in [-0.2, -0.15) is 0 Å². The highest BCUT2D eigenvalue weighted by atomic mass is 32.1. The molecule has 0 radical (unpaired) electrons. The Morgan fingerprint density at radius 2 is 0.879 bits per heavy atom. The standard InChI is InChI=1S/C56H37NS/c1-3-15-40(16-4-1)48-22-11-12-25-54(48)57(46-30-28-39(29-31-46)45-27-26-38-14-7-8-19-42(38)34-45)47-32-33-49(52(37-47)41-17-5-2-6-18-41)50-23-13-24-51-53-35-43-20-9-10-21-44(43)36-55(53)58-56(50)51/h1-37H. The van der Waals surface area contributed by atoms with Gasteiger partial charge in [-0.15, -0.1) is 11.3 Å². The van der Waals surface area contributed by atoms with Gasteiger partial charge in [-0.3, -0.25) is 0 Å². The van der Waals surface area contributed by atoms with Gasteiger partial charge in [-0.05, 0) is 103 Å². The van der Waals surface area contributed by atoms with Gasteiger partial charge >= 0.3 is 0 Å². The van der Waals surface area contributed by atoms with Crippen molar-refractivity contribution < 1.29 is 0 Å². The number of thiophene rings is 1. The van der Waals surface area contributed by atoms with Crippen molar-refractivity contribution in [3.05, 3.63) is 224 Å². The molecule has 0 amide bonds. The average molecular weight is 756 g/mol. The highest BCUT2D eigenvalue weighted by molar-refractivity contribution is 7.26. The van der Waals surface area contributed by atoms with Crippen molar-refractivity contribution in [2.75, 3.05) is 4.90 Å². The molecule has 11 aromatic rings. The first kappa shape index (κ1) is 34.0. The summed E-state index contributed by atoms with van der Waals surface area (Å²) < 4.78 is 2.63. The van der Waals surface area contributed by atoms with Gasteiger partial charge in [0, 0.05) is 42.7 Å². The Labute approximate surface area is 342 Å². The maximum Gasteiger partial charge on any atom is 0.0540 e. The number of hydrogen-bond acceptors (Lipinski definition) is 2. The summed E-state index contributed by atoms with van der Waals surface area (Å²) in [5, 5.41) is 7.66. The topological polar surface area (TPSA) is 3.24 Å². The monoisotopic (exact) mass is 755 g/mol. The normalized spacial score (nSPS) is 11.4. The van der Waals surface area contributed by atoms with Gasteiger partial charge in [-0.1, -0.05) is 176 Å². The fraction of sp³-hybridized carbons (Fsp3) is 0. The molecule has 1 aromatic heterocycles. The number of benzene rings is 10. The molecule has 0 spiro atoms. The summed E-state index contributed by atoms with van der Waals surface area (Å²) in [7, 11) is 0. The van der Waals surface area contributed by atoms with Crippen LogP contribution in [0.2, 0.25) is 0 Å². The molecule has 2 heteroatoms. The zero-order chi connectivity index (χ0) is 38.4. The average Bonchev–Trinajstić information content (AvgIpc) is 3.67. The van der Waals surface area contributed by atoms with Crippen molar-refractivity contribution in [1.82, 2.24) is 0 Å². The molecule has 10 aromatic carbocycles. The number of rotatable bonds is 7. The van der Waals surface area contributed by atoms with Crippen LogP contribution in [0.3, 0.4) is 0 Å². The molecule has 0 N–H and O–H groups in total. The minimum Gasteiger partial charge on any atom is -0.310 e. The van der Waals surface area contributed by atoms with E-state index in [9.17, 15) is 0 Å². The van der Waals surface area contributed by atoms with Crippen LogP contribution in [0.1, 0.15) is 0 Å². The first-order valence-electron chi connectivity index (χ1n) is 19.8. The predicted molar refractivity (Wildman–Crippen MR) is 251 cm³/mol. The van der Waals surface area contributed by atoms with Crippen LogP contribution < -0.4 is 4.90 Å². The SMILES string of the molecule is c1ccc(-c2cc(N(c3ccc(-c4ccc5ccccc5c4)cc3)c3ccccc3-c3ccccc3)ccc2-c2cccc3c2sc2cc4ccccc4cc23)cc1. The van der Waals surface area contributed by atoms with E-state index in [1.807, 2.05) is 11.3 Å². The van der Waals surface area contributed by atoms with E-state index in [0.717, 1.165) is 17.1 Å². The van der Waals surface area contributed by atoms with Crippen LogP contribution in [-0.4, -0.2) is 0 Å². The second kappa shape index (κ2) is 14.4. The van der Waals surface area contributed by atoms with E-state index in [-0.39, 0.29) is 0 Å². The lowest BCUT2D eigenvalue weighted by molar-refractivity contribution is 1.28. The van der Waals surface area contributed by atoms with Crippen molar-refractivity contribution >= 4 is 70.1 Å². The largest absolute Gasteiger partial charge is 0.310 e. The number of para-hydroxylation sites is 1. The lowest BCUT2D eigenvalue weighted by Crippen LogP contribution is -2.11. The van der Waals surface area contributed by atoms with Crippen LogP contribution >= 0.6 is 11.3 Å². The summed E-state index contributed by atoms with van der Waals surface area (Å²) in [5.74, 6) is 0. The Morgan fingerprint density at radius 1 is 0.293 bits per heavy atom. The maximum atomic E-state index is 2.42. The van der Waals surface area contributed by atoms with Gasteiger partial charge < -0.3 is 4.90 Å². The lowest BCUT2D eigenvalue weighted by atomic mass is 9.92. The Hall–Kier alpha value is -7.26. The zero-order valence-electron chi connectivity index (χ0n) is 31.7. The van der Waals surface area contributed by atoms with Crippen LogP contribution in [0.25, 0.3) is 86.2 Å². The maximum absolute atomic E-state index is 2.42. The third-order valence-corrected chi connectivity index (χ3v) is 12.6. The number of anilines is 3. The van der Waals surface area contributed by atoms with Crippen LogP contribution in [-0.2, 0) is 0 Å². The van der Waals surface area contributed by atoms with Crippen molar-refractivity contribution in [2.45, 2.75) is 0 Å². The summed E-state index contributed by atoms with van der Waals surface area (Å²) in [6, 6.07) is 82.0. The zero-order valence-corrected chi connectivity index (χ0v) is 32.5. The van der Waals surface area contributed by atoms with Crippen molar-refractivity contribution in [1.29, 1.82) is 0 Å². The highest BCUT2D eigenvalue weighted by Crippen LogP contribution is 2.47. The third kappa shape index (κ3) is 6.03. The van der Waals surface area contributed by atoms with Crippen LogP contribution in [0, 0.1) is 0 Å². The summed E-state index contributed by atoms with van der Waals surface area (Å²) in [5.41, 5.74) is 12.9. The molecule has 0 unspecified atom stereocenters. The summed E-state index contributed by atoms with van der Waals surface area (Å²) in [6.07, 6.45) is 0. The van der Waals surface area contributed by atoms with E-state index >= 15 is 0 Å². The molecule has 1 heterocycles. The van der Waals surface area contributed by atoms with Gasteiger partial charge in [0.25, 0.3) is 0 Å². The molecule has 0 fully saturated rings. The number of nitrogens with zero attached hydrogens (tertiary/aromatic N) is 1. The van der Waals surface area contributed by atoms with Gasteiger partial charge in [0.1, 0.15) is 0 Å². The molecule has 0 aliphatic heterocycles. The Morgan fingerprint density at radius 3 is 1.64 bits per heavy atom. The second-order valence-electron chi connectivity index (χ2n) is 14.9. The summed E-state index contributed by atoms with van der Waals surface area (Å²) in [6.45, 7) is 0. The Kier molecular flexibility index (Phi) is 8.42. The van der Waals surface area contributed by atoms with Crippen molar-refractivity contribution in [3.63, 3.8) is 0 Å². The van der Waals surface area contributed by atoms with E-state index in [1.54, 1.807) is 0 Å². The minimum absolute atomic E-state index is 1.10. The Balaban J connectivity index is 1.10. The molecule has 272 valence electrons. The van der Waals surface area contributed by atoms with E-state index in [2.05, 4.69) is 229 Å². The van der Waals surface area contributed by atoms with Crippen LogP contribution in [0.4, 0.5) is 17.1 Å². The molecular formula is C56H37NS. The number of hydrogen-bond donors (Lipinski definition) is 0. The van der Waals surface area contributed by atoms with Crippen LogP contribution in [0.15, 0.2) is 224 Å². The van der Waals surface area contributed by atoms with E-state index in [4.69, 9.17) is 0 Å². The van der Waals surface area contributed by atoms with Crippen LogP contribution in [0.5, 0.6) is 0 Å². The van der Waals surface area contributed by atoms with Gasteiger partial charge in [0.15, 0.2) is 0 Å². The first-order chi connectivity index (χ1) is 28.7. The molecular weight excluding hydrogens is 719 g/mol. The lowest BCUT2D eigenvalue weighted by Gasteiger charge is -2.29. The molecule has 0 saturated heterocycles. The fourth-order valence-corrected chi connectivity index (χ4v) is 9.85. The number of fused-ring (bicyclic) bond motifs is 5. The summed E-state index contributed by atoms with van der Waals surface area (Å²) >= 11 is 1.90. The van der Waals surface area contributed by atoms with Crippen molar-refractivity contribution in [3.8, 4) is 44.5 Å². The van der Waals surface area contributed by atoms with E-state index < -0.39 is 0 Å². The molecule has 0 saturated carbocycles.